The Kier molecular flexibility index (Phi) is 7.32. The monoisotopic (exact) mass is 533 g/mol. The van der Waals surface area contributed by atoms with E-state index in [2.05, 4.69) is 44.6 Å². The van der Waals surface area contributed by atoms with Crippen LogP contribution in [0, 0.1) is 0 Å². The number of H-pyrrole nitrogens is 1. The van der Waals surface area contributed by atoms with Crippen molar-refractivity contribution in [2.45, 2.75) is 20.0 Å². The highest BCUT2D eigenvalue weighted by Crippen LogP contribution is 2.39. The second kappa shape index (κ2) is 10.7. The number of piperazine rings is 1. The number of rotatable bonds is 8. The van der Waals surface area contributed by atoms with E-state index >= 15 is 0 Å². The summed E-state index contributed by atoms with van der Waals surface area (Å²) in [5.74, 6) is 1.81. The Hall–Kier alpha value is -3.55. The maximum absolute atomic E-state index is 12.9. The van der Waals surface area contributed by atoms with Gasteiger partial charge in [-0.3, -0.25) is 0 Å². The number of fused-ring (bicyclic) bond motifs is 1. The zero-order chi connectivity index (χ0) is 26.9. The summed E-state index contributed by atoms with van der Waals surface area (Å²) in [6.45, 7) is 11.6. The lowest BCUT2D eigenvalue weighted by Crippen LogP contribution is -2.44. The molecule has 1 aliphatic rings. The number of benzene rings is 2. The molecule has 1 aliphatic heterocycles. The van der Waals surface area contributed by atoms with Crippen molar-refractivity contribution in [3.63, 3.8) is 0 Å². The van der Waals surface area contributed by atoms with Crippen LogP contribution in [0.4, 0.5) is 28.8 Å². The predicted molar refractivity (Wildman–Crippen MR) is 158 cm³/mol. The first kappa shape index (κ1) is 26.1. The first-order chi connectivity index (χ1) is 18.2. The molecule has 200 valence electrons. The summed E-state index contributed by atoms with van der Waals surface area (Å²) in [6, 6.07) is 15.8. The van der Waals surface area contributed by atoms with Gasteiger partial charge in [-0.1, -0.05) is 12.1 Å². The van der Waals surface area contributed by atoms with Crippen molar-refractivity contribution in [3.8, 4) is 5.75 Å². The number of nitrogens with one attached hydrogen (secondary N) is 3. The van der Waals surface area contributed by atoms with Crippen LogP contribution in [0.15, 0.2) is 54.7 Å². The summed E-state index contributed by atoms with van der Waals surface area (Å²) < 4.78 is 19.1. The third kappa shape index (κ3) is 5.79. The van der Waals surface area contributed by atoms with Gasteiger partial charge in [0, 0.05) is 49.4 Å². The Bertz CT molecular complexity index is 1470. The predicted octanol–water partition coefficient (Wildman–Crippen LogP) is 5.23. The van der Waals surface area contributed by atoms with Crippen LogP contribution in [-0.4, -0.2) is 72.5 Å². The maximum atomic E-state index is 12.9. The third-order valence-electron chi connectivity index (χ3n) is 6.60. The SMILES string of the molecule is CC(C)Oc1cc(N2CCN(C)CC2)ccc1Nc1nc(Nc2ccccc2P(C)(C)=O)c2cc[nH]c2n1. The third-order valence-corrected chi connectivity index (χ3v) is 8.15. The van der Waals surface area contributed by atoms with Gasteiger partial charge >= 0.3 is 0 Å². The molecule has 38 heavy (non-hydrogen) atoms. The molecule has 0 bridgehead atoms. The van der Waals surface area contributed by atoms with Crippen LogP contribution in [0.1, 0.15) is 13.8 Å². The zero-order valence-electron chi connectivity index (χ0n) is 22.7. The number of aromatic nitrogens is 3. The Balaban J connectivity index is 1.48. The first-order valence-corrected chi connectivity index (χ1v) is 15.6. The average molecular weight is 534 g/mol. The summed E-state index contributed by atoms with van der Waals surface area (Å²) in [5.41, 5.74) is 3.40. The Labute approximate surface area is 224 Å². The minimum Gasteiger partial charge on any atom is -0.489 e. The fraction of sp³-hybridized carbons (Fsp3) is 0.357. The Morgan fingerprint density at radius 2 is 1.74 bits per heavy atom. The van der Waals surface area contributed by atoms with E-state index in [-0.39, 0.29) is 6.10 Å². The zero-order valence-corrected chi connectivity index (χ0v) is 23.5. The van der Waals surface area contributed by atoms with E-state index in [1.54, 1.807) is 13.3 Å². The molecule has 1 saturated heterocycles. The topological polar surface area (TPSA) is 98.4 Å². The minimum absolute atomic E-state index is 0.0117. The molecule has 5 rings (SSSR count). The molecule has 0 unspecified atom stereocenters. The Morgan fingerprint density at radius 3 is 2.47 bits per heavy atom. The van der Waals surface area contributed by atoms with Gasteiger partial charge in [0.15, 0.2) is 0 Å². The maximum Gasteiger partial charge on any atom is 0.231 e. The molecule has 2 aromatic carbocycles. The van der Waals surface area contributed by atoms with Crippen molar-refractivity contribution in [2.75, 3.05) is 62.1 Å². The lowest BCUT2D eigenvalue weighted by molar-refractivity contribution is 0.243. The highest BCUT2D eigenvalue weighted by Gasteiger charge is 2.19. The van der Waals surface area contributed by atoms with Gasteiger partial charge in [0.2, 0.25) is 5.95 Å². The van der Waals surface area contributed by atoms with Gasteiger partial charge < -0.3 is 34.7 Å². The fourth-order valence-electron chi connectivity index (χ4n) is 4.62. The van der Waals surface area contributed by atoms with Crippen molar-refractivity contribution in [1.29, 1.82) is 0 Å². The van der Waals surface area contributed by atoms with Crippen molar-refractivity contribution in [3.05, 3.63) is 54.7 Å². The molecular formula is C28H36N7O2P. The van der Waals surface area contributed by atoms with E-state index in [1.807, 2.05) is 56.4 Å². The lowest BCUT2D eigenvalue weighted by Gasteiger charge is -2.34. The normalized spacial score (nSPS) is 14.7. The van der Waals surface area contributed by atoms with Gasteiger partial charge in [-0.05, 0) is 64.6 Å². The largest absolute Gasteiger partial charge is 0.489 e. The summed E-state index contributed by atoms with van der Waals surface area (Å²) in [5, 5.41) is 8.42. The van der Waals surface area contributed by atoms with E-state index in [4.69, 9.17) is 14.7 Å². The summed E-state index contributed by atoms with van der Waals surface area (Å²) in [6.07, 6.45) is 1.85. The number of aromatic amines is 1. The van der Waals surface area contributed by atoms with E-state index in [9.17, 15) is 4.57 Å². The van der Waals surface area contributed by atoms with Gasteiger partial charge in [-0.2, -0.15) is 9.97 Å². The number of anilines is 5. The van der Waals surface area contributed by atoms with Crippen molar-refractivity contribution < 1.29 is 9.30 Å². The van der Waals surface area contributed by atoms with Gasteiger partial charge in [-0.25, -0.2) is 0 Å². The van der Waals surface area contributed by atoms with Gasteiger partial charge in [0.25, 0.3) is 0 Å². The molecule has 10 heteroatoms. The van der Waals surface area contributed by atoms with Crippen LogP contribution in [0.2, 0.25) is 0 Å². The van der Waals surface area contributed by atoms with Crippen LogP contribution in [0.3, 0.4) is 0 Å². The standard InChI is InChI=1S/C28H36N7O2P/c1-19(2)37-24-18-20(35-16-14-34(3)15-17-35)10-11-22(24)31-28-32-26-21(12-13-29-26)27(33-28)30-23-8-6-7-9-25(23)38(4,5)36/h6-13,18-19H,14-17H2,1-5H3,(H3,29,30,31,32,33). The number of hydrogen-bond acceptors (Lipinski definition) is 8. The second-order valence-corrected chi connectivity index (χ2v) is 13.6. The number of nitrogens with zero attached hydrogens (tertiary/aromatic N) is 4. The summed E-state index contributed by atoms with van der Waals surface area (Å²) in [7, 11) is -0.342. The lowest BCUT2D eigenvalue weighted by atomic mass is 10.2. The molecule has 0 aliphatic carbocycles. The first-order valence-electron chi connectivity index (χ1n) is 13.0. The van der Waals surface area contributed by atoms with Crippen LogP contribution >= 0.6 is 7.14 Å². The highest BCUT2D eigenvalue weighted by atomic mass is 31.2. The quantitative estimate of drug-likeness (QED) is 0.265. The minimum atomic E-state index is -2.50. The molecule has 0 atom stereocenters. The van der Waals surface area contributed by atoms with Crippen molar-refractivity contribution >= 4 is 52.3 Å². The van der Waals surface area contributed by atoms with E-state index in [1.165, 1.54) is 0 Å². The molecule has 2 aromatic heterocycles. The van der Waals surface area contributed by atoms with Crippen molar-refractivity contribution in [2.24, 2.45) is 0 Å². The van der Waals surface area contributed by atoms with E-state index in [0.717, 1.165) is 59.7 Å². The number of likely N-dealkylation sites (N-methyl/N-ethyl adjacent to an activating group) is 1. The molecule has 0 saturated carbocycles. The molecule has 9 nitrogen and oxygen atoms in total. The molecule has 1 fully saturated rings. The average Bonchev–Trinajstić information content (AvgIpc) is 3.34. The van der Waals surface area contributed by atoms with Crippen molar-refractivity contribution in [1.82, 2.24) is 19.9 Å². The molecule has 3 heterocycles. The van der Waals surface area contributed by atoms with Gasteiger partial charge in [0.1, 0.15) is 24.4 Å². The molecule has 3 N–H and O–H groups in total. The number of hydrogen-bond donors (Lipinski definition) is 3. The molecule has 0 radical (unpaired) electrons. The van der Waals surface area contributed by atoms with E-state index in [0.29, 0.717) is 17.4 Å². The summed E-state index contributed by atoms with van der Waals surface area (Å²) in [4.78, 5) is 17.4. The van der Waals surface area contributed by atoms with Gasteiger partial charge in [-0.15, -0.1) is 0 Å². The molecule has 0 spiro atoms. The smallest absolute Gasteiger partial charge is 0.231 e. The van der Waals surface area contributed by atoms with E-state index < -0.39 is 7.14 Å². The molecule has 4 aromatic rings. The van der Waals surface area contributed by atoms with Crippen LogP contribution in [0.5, 0.6) is 5.75 Å². The van der Waals surface area contributed by atoms with Crippen LogP contribution in [0.25, 0.3) is 11.0 Å². The number of para-hydroxylation sites is 1. The molecular weight excluding hydrogens is 497 g/mol. The fourth-order valence-corrected chi connectivity index (χ4v) is 5.77. The Morgan fingerprint density at radius 1 is 0.974 bits per heavy atom. The highest BCUT2D eigenvalue weighted by molar-refractivity contribution is 7.70. The van der Waals surface area contributed by atoms with Crippen LogP contribution in [-0.2, 0) is 4.57 Å². The molecule has 0 amide bonds. The van der Waals surface area contributed by atoms with Crippen LogP contribution < -0.4 is 25.6 Å². The number of ether oxygens (including phenoxy) is 1. The second-order valence-electron chi connectivity index (χ2n) is 10.4. The summed E-state index contributed by atoms with van der Waals surface area (Å²) >= 11 is 0. The van der Waals surface area contributed by atoms with Gasteiger partial charge in [0.05, 0.1) is 22.9 Å².